The maximum absolute atomic E-state index is 10.8. The summed E-state index contributed by atoms with van der Waals surface area (Å²) in [5.74, 6) is 3.23. The second-order valence-corrected chi connectivity index (χ2v) is 6.67. The predicted octanol–water partition coefficient (Wildman–Crippen LogP) is 3.91. The number of carboxylic acids is 1. The molecule has 18 heavy (non-hydrogen) atoms. The number of benzene rings is 1. The van der Waals surface area contributed by atoms with Crippen LogP contribution in [0.15, 0.2) is 29.2 Å². The van der Waals surface area contributed by atoms with E-state index in [0.717, 1.165) is 17.8 Å². The number of hydrogen-bond acceptors (Lipinski definition) is 2. The minimum Gasteiger partial charge on any atom is -0.478 e. The third kappa shape index (κ3) is 2.41. The highest BCUT2D eigenvalue weighted by atomic mass is 32.2. The fraction of sp³-hybridized carbons (Fsp3) is 0.533. The summed E-state index contributed by atoms with van der Waals surface area (Å²) in [5.41, 5.74) is 0.374. The molecule has 3 rings (SSSR count). The van der Waals surface area contributed by atoms with E-state index >= 15 is 0 Å². The molecule has 2 aliphatic carbocycles. The molecule has 3 atom stereocenters. The van der Waals surface area contributed by atoms with Gasteiger partial charge in [-0.15, -0.1) is 11.8 Å². The van der Waals surface area contributed by atoms with Crippen molar-refractivity contribution >= 4 is 17.7 Å². The summed E-state index contributed by atoms with van der Waals surface area (Å²) >= 11 is 1.88. The molecule has 2 nitrogen and oxygen atoms in total. The minimum atomic E-state index is -0.848. The van der Waals surface area contributed by atoms with E-state index in [1.165, 1.54) is 36.3 Å². The van der Waals surface area contributed by atoms with Gasteiger partial charge in [-0.25, -0.2) is 4.79 Å². The Bertz CT molecular complexity index is 440. The molecule has 0 amide bonds. The monoisotopic (exact) mass is 262 g/mol. The molecular formula is C15H18O2S. The van der Waals surface area contributed by atoms with Gasteiger partial charge in [-0.05, 0) is 61.3 Å². The molecule has 2 bridgehead atoms. The van der Waals surface area contributed by atoms with Gasteiger partial charge in [-0.2, -0.15) is 0 Å². The van der Waals surface area contributed by atoms with Crippen molar-refractivity contribution in [3.05, 3.63) is 29.8 Å². The van der Waals surface area contributed by atoms with E-state index in [1.54, 1.807) is 12.1 Å². The van der Waals surface area contributed by atoms with Crippen LogP contribution in [0.3, 0.4) is 0 Å². The van der Waals surface area contributed by atoms with Crippen molar-refractivity contribution in [1.82, 2.24) is 0 Å². The van der Waals surface area contributed by atoms with Crippen molar-refractivity contribution < 1.29 is 9.90 Å². The SMILES string of the molecule is O=C(O)c1ccc(SCC2CC3CCC2C3)cc1. The van der Waals surface area contributed by atoms with Crippen molar-refractivity contribution in [2.75, 3.05) is 5.75 Å². The lowest BCUT2D eigenvalue weighted by Crippen LogP contribution is -2.12. The Kier molecular flexibility index (Phi) is 3.33. The molecular weight excluding hydrogens is 244 g/mol. The standard InChI is InChI=1S/C15H18O2S/c16-15(17)11-3-5-14(6-4-11)18-9-13-8-10-1-2-12(13)7-10/h3-6,10,12-13H,1-2,7-9H2,(H,16,17). The van der Waals surface area contributed by atoms with Crippen LogP contribution in [0.5, 0.6) is 0 Å². The lowest BCUT2D eigenvalue weighted by Gasteiger charge is -2.20. The van der Waals surface area contributed by atoms with E-state index < -0.39 is 5.97 Å². The molecule has 0 heterocycles. The Morgan fingerprint density at radius 2 is 2.00 bits per heavy atom. The maximum atomic E-state index is 10.8. The number of carbonyl (C=O) groups is 1. The fourth-order valence-electron chi connectivity index (χ4n) is 3.48. The Morgan fingerprint density at radius 3 is 2.56 bits per heavy atom. The molecule has 3 heteroatoms. The lowest BCUT2D eigenvalue weighted by atomic mass is 9.90. The van der Waals surface area contributed by atoms with Crippen LogP contribution in [0, 0.1) is 17.8 Å². The number of aromatic carboxylic acids is 1. The first kappa shape index (κ1) is 12.1. The molecule has 1 aromatic rings. The lowest BCUT2D eigenvalue weighted by molar-refractivity contribution is 0.0697. The van der Waals surface area contributed by atoms with E-state index in [0.29, 0.717) is 5.56 Å². The Hall–Kier alpha value is -0.960. The van der Waals surface area contributed by atoms with Crippen molar-refractivity contribution in [3.63, 3.8) is 0 Å². The molecule has 1 aromatic carbocycles. The van der Waals surface area contributed by atoms with Crippen LogP contribution in [-0.4, -0.2) is 16.8 Å². The minimum absolute atomic E-state index is 0.374. The van der Waals surface area contributed by atoms with Gasteiger partial charge in [0.1, 0.15) is 0 Å². The summed E-state index contributed by atoms with van der Waals surface area (Å²) < 4.78 is 0. The normalized spacial score (nSPS) is 29.7. The van der Waals surface area contributed by atoms with Gasteiger partial charge in [0.25, 0.3) is 0 Å². The first-order chi connectivity index (χ1) is 8.72. The fourth-order valence-corrected chi connectivity index (χ4v) is 4.62. The topological polar surface area (TPSA) is 37.3 Å². The summed E-state index contributed by atoms with van der Waals surface area (Å²) in [5, 5.41) is 8.84. The van der Waals surface area contributed by atoms with Crippen LogP contribution in [-0.2, 0) is 0 Å². The van der Waals surface area contributed by atoms with E-state index in [1.807, 2.05) is 23.9 Å². The highest BCUT2D eigenvalue weighted by Gasteiger charge is 2.39. The van der Waals surface area contributed by atoms with Gasteiger partial charge in [-0.3, -0.25) is 0 Å². The van der Waals surface area contributed by atoms with Crippen LogP contribution < -0.4 is 0 Å². The molecule has 96 valence electrons. The molecule has 0 aromatic heterocycles. The predicted molar refractivity (Wildman–Crippen MR) is 73.1 cm³/mol. The third-order valence-corrected chi connectivity index (χ3v) is 5.65. The quantitative estimate of drug-likeness (QED) is 0.836. The molecule has 0 radical (unpaired) electrons. The first-order valence-corrected chi connectivity index (χ1v) is 7.67. The Labute approximate surface area is 112 Å². The van der Waals surface area contributed by atoms with Crippen molar-refractivity contribution in [2.45, 2.75) is 30.6 Å². The van der Waals surface area contributed by atoms with Gasteiger partial charge in [0.2, 0.25) is 0 Å². The Morgan fingerprint density at radius 1 is 1.22 bits per heavy atom. The summed E-state index contributed by atoms with van der Waals surface area (Å²) in [6.07, 6.45) is 5.78. The number of thioether (sulfide) groups is 1. The smallest absolute Gasteiger partial charge is 0.335 e. The molecule has 0 aliphatic heterocycles. The number of rotatable bonds is 4. The zero-order valence-electron chi connectivity index (χ0n) is 10.3. The van der Waals surface area contributed by atoms with Crippen LogP contribution in [0.2, 0.25) is 0 Å². The van der Waals surface area contributed by atoms with Gasteiger partial charge >= 0.3 is 5.97 Å². The Balaban J connectivity index is 1.55. The molecule has 2 fully saturated rings. The highest BCUT2D eigenvalue weighted by Crippen LogP contribution is 2.49. The average Bonchev–Trinajstić information content (AvgIpc) is 2.99. The van der Waals surface area contributed by atoms with E-state index in [-0.39, 0.29) is 0 Å². The first-order valence-electron chi connectivity index (χ1n) is 6.68. The number of fused-ring (bicyclic) bond motifs is 2. The molecule has 1 N–H and O–H groups in total. The second-order valence-electron chi connectivity index (χ2n) is 5.58. The molecule has 3 unspecified atom stereocenters. The summed E-state index contributed by atoms with van der Waals surface area (Å²) in [4.78, 5) is 12.0. The van der Waals surface area contributed by atoms with Gasteiger partial charge in [-0.1, -0.05) is 6.42 Å². The van der Waals surface area contributed by atoms with Crippen LogP contribution in [0.1, 0.15) is 36.0 Å². The van der Waals surface area contributed by atoms with Crippen LogP contribution in [0.4, 0.5) is 0 Å². The van der Waals surface area contributed by atoms with Crippen LogP contribution >= 0.6 is 11.8 Å². The van der Waals surface area contributed by atoms with Gasteiger partial charge in [0.15, 0.2) is 0 Å². The van der Waals surface area contributed by atoms with Gasteiger partial charge < -0.3 is 5.11 Å². The summed E-state index contributed by atoms with van der Waals surface area (Å²) in [7, 11) is 0. The maximum Gasteiger partial charge on any atom is 0.335 e. The molecule has 2 saturated carbocycles. The largest absolute Gasteiger partial charge is 0.478 e. The average molecular weight is 262 g/mol. The van der Waals surface area contributed by atoms with Crippen molar-refractivity contribution in [1.29, 1.82) is 0 Å². The second kappa shape index (κ2) is 4.96. The summed E-state index contributed by atoms with van der Waals surface area (Å²) in [6.45, 7) is 0. The van der Waals surface area contributed by atoms with E-state index in [9.17, 15) is 4.79 Å². The number of carboxylic acid groups (broad SMARTS) is 1. The van der Waals surface area contributed by atoms with Crippen molar-refractivity contribution in [3.8, 4) is 0 Å². The van der Waals surface area contributed by atoms with Gasteiger partial charge in [0.05, 0.1) is 5.56 Å². The molecule has 0 saturated heterocycles. The van der Waals surface area contributed by atoms with Crippen molar-refractivity contribution in [2.24, 2.45) is 17.8 Å². The third-order valence-electron chi connectivity index (χ3n) is 4.45. The van der Waals surface area contributed by atoms with E-state index in [4.69, 9.17) is 5.11 Å². The molecule has 2 aliphatic rings. The highest BCUT2D eigenvalue weighted by molar-refractivity contribution is 7.99. The van der Waals surface area contributed by atoms with Crippen LogP contribution in [0.25, 0.3) is 0 Å². The van der Waals surface area contributed by atoms with Gasteiger partial charge in [0, 0.05) is 10.6 Å². The number of hydrogen-bond donors (Lipinski definition) is 1. The summed E-state index contributed by atoms with van der Waals surface area (Å²) in [6, 6.07) is 7.26. The van der Waals surface area contributed by atoms with E-state index in [2.05, 4.69) is 0 Å². The zero-order chi connectivity index (χ0) is 12.5. The zero-order valence-corrected chi connectivity index (χ0v) is 11.2. The molecule has 0 spiro atoms.